The Morgan fingerprint density at radius 3 is 1.59 bits per heavy atom. The largest absolute Gasteiger partial charge is 0.658 e. The zero-order valence-corrected chi connectivity index (χ0v) is 13.6. The summed E-state index contributed by atoms with van der Waals surface area (Å²) >= 11 is 0. The zero-order valence-electron chi connectivity index (χ0n) is 13.6. The van der Waals surface area contributed by atoms with Gasteiger partial charge in [-0.15, -0.1) is 0 Å². The lowest BCUT2D eigenvalue weighted by atomic mass is 10.1. The van der Waals surface area contributed by atoms with Gasteiger partial charge >= 0.3 is 7.69 Å². The number of hydrogen-bond donors (Lipinski definition) is 0. The second-order valence-electron chi connectivity index (χ2n) is 5.35. The van der Waals surface area contributed by atoms with Gasteiger partial charge in [0.2, 0.25) is 0 Å². The Balaban J connectivity index is 1.38. The van der Waals surface area contributed by atoms with Crippen molar-refractivity contribution in [1.82, 2.24) is 9.97 Å². The van der Waals surface area contributed by atoms with Gasteiger partial charge in [0.05, 0.1) is 23.5 Å². The average Bonchev–Trinajstić information content (AvgIpc) is 3.36. The molecule has 2 aromatic heterocycles. The standard InChI is InChI=1S/C18H10BF2N2O4/c20-15-5-11(1-3-13(15)17-7-22-9-24-17)26-19-27-12-2-4-14(16(21)6-12)18-8-23-10-25-18/h1-10H. The van der Waals surface area contributed by atoms with Gasteiger partial charge in [-0.25, -0.2) is 18.7 Å². The lowest BCUT2D eigenvalue weighted by Gasteiger charge is -2.08. The summed E-state index contributed by atoms with van der Waals surface area (Å²) in [7, 11) is 0.978. The van der Waals surface area contributed by atoms with Crippen LogP contribution < -0.4 is 9.31 Å². The molecule has 0 saturated carbocycles. The molecule has 6 nitrogen and oxygen atoms in total. The van der Waals surface area contributed by atoms with Crippen LogP contribution in [0, 0.1) is 11.6 Å². The summed E-state index contributed by atoms with van der Waals surface area (Å²) in [5.41, 5.74) is 0.511. The molecule has 1 radical (unpaired) electrons. The molecule has 0 N–H and O–H groups in total. The Bertz CT molecular complexity index is 956. The summed E-state index contributed by atoms with van der Waals surface area (Å²) in [5.74, 6) is -0.0625. The molecule has 0 aliphatic heterocycles. The average molecular weight is 367 g/mol. The minimum atomic E-state index is -0.542. The van der Waals surface area contributed by atoms with E-state index in [0.717, 1.165) is 7.69 Å². The first kappa shape index (κ1) is 16.8. The maximum Gasteiger partial charge on any atom is 0.658 e. The monoisotopic (exact) mass is 367 g/mol. The van der Waals surface area contributed by atoms with Gasteiger partial charge in [-0.1, -0.05) is 0 Å². The zero-order chi connectivity index (χ0) is 18.6. The van der Waals surface area contributed by atoms with E-state index in [1.165, 1.54) is 61.6 Å². The third-order valence-electron chi connectivity index (χ3n) is 3.65. The number of halogens is 2. The van der Waals surface area contributed by atoms with Gasteiger partial charge < -0.3 is 18.1 Å². The fourth-order valence-corrected chi connectivity index (χ4v) is 2.37. The van der Waals surface area contributed by atoms with Gasteiger partial charge in [0.1, 0.15) is 23.1 Å². The van der Waals surface area contributed by atoms with E-state index in [1.807, 2.05) is 0 Å². The Kier molecular flexibility index (Phi) is 4.57. The summed E-state index contributed by atoms with van der Waals surface area (Å²) in [6, 6.07) is 8.40. The minimum absolute atomic E-state index is 0.203. The van der Waals surface area contributed by atoms with Gasteiger partial charge in [-0.2, -0.15) is 0 Å². The van der Waals surface area contributed by atoms with E-state index in [0.29, 0.717) is 11.5 Å². The van der Waals surface area contributed by atoms with E-state index in [1.54, 1.807) is 0 Å². The van der Waals surface area contributed by atoms with E-state index >= 15 is 0 Å². The van der Waals surface area contributed by atoms with Crippen LogP contribution in [0.2, 0.25) is 0 Å². The van der Waals surface area contributed by atoms with Gasteiger partial charge in [0.25, 0.3) is 0 Å². The van der Waals surface area contributed by atoms with Crippen LogP contribution in [-0.2, 0) is 0 Å². The van der Waals surface area contributed by atoms with Crippen LogP contribution in [0.5, 0.6) is 11.5 Å². The summed E-state index contributed by atoms with van der Waals surface area (Å²) < 4.78 is 48.8. The number of rotatable bonds is 6. The molecular formula is C18H10BF2N2O4. The first-order valence-corrected chi connectivity index (χ1v) is 7.72. The van der Waals surface area contributed by atoms with Crippen molar-refractivity contribution in [2.24, 2.45) is 0 Å². The third kappa shape index (κ3) is 3.66. The van der Waals surface area contributed by atoms with Crippen LogP contribution in [0.4, 0.5) is 8.78 Å². The molecule has 2 heterocycles. The highest BCUT2D eigenvalue weighted by molar-refractivity contribution is 6.20. The molecule has 0 bridgehead atoms. The molecule has 0 saturated heterocycles. The number of nitrogens with zero attached hydrogens (tertiary/aromatic N) is 2. The number of benzene rings is 2. The molecule has 27 heavy (non-hydrogen) atoms. The molecule has 133 valence electrons. The maximum atomic E-state index is 14.1. The fraction of sp³-hybridized carbons (Fsp3) is 0. The Hall–Kier alpha value is -3.62. The van der Waals surface area contributed by atoms with E-state index < -0.39 is 11.6 Å². The van der Waals surface area contributed by atoms with Crippen molar-refractivity contribution >= 4 is 7.69 Å². The van der Waals surface area contributed by atoms with E-state index in [4.69, 9.17) is 18.1 Å². The molecule has 0 spiro atoms. The highest BCUT2D eigenvalue weighted by Gasteiger charge is 2.12. The van der Waals surface area contributed by atoms with Crippen LogP contribution in [0.1, 0.15) is 0 Å². The molecule has 0 aliphatic carbocycles. The van der Waals surface area contributed by atoms with Crippen LogP contribution in [0.15, 0.2) is 70.4 Å². The fourth-order valence-electron chi connectivity index (χ4n) is 2.37. The number of hydrogen-bond acceptors (Lipinski definition) is 6. The molecule has 0 amide bonds. The van der Waals surface area contributed by atoms with Crippen molar-refractivity contribution in [2.75, 3.05) is 0 Å². The quantitative estimate of drug-likeness (QED) is 0.474. The Morgan fingerprint density at radius 1 is 0.741 bits per heavy atom. The number of aromatic nitrogens is 2. The lowest BCUT2D eigenvalue weighted by Crippen LogP contribution is -2.11. The van der Waals surface area contributed by atoms with Gasteiger partial charge in [0.15, 0.2) is 24.3 Å². The predicted molar refractivity (Wildman–Crippen MR) is 90.8 cm³/mol. The summed E-state index contributed by atoms with van der Waals surface area (Å²) in [5, 5.41) is 0. The Morgan fingerprint density at radius 2 is 1.22 bits per heavy atom. The molecule has 9 heteroatoms. The molecule has 0 unspecified atom stereocenters. The first-order valence-electron chi connectivity index (χ1n) is 7.72. The molecule has 0 atom stereocenters. The van der Waals surface area contributed by atoms with Crippen molar-refractivity contribution in [3.8, 4) is 34.1 Å². The summed E-state index contributed by atoms with van der Waals surface area (Å²) in [4.78, 5) is 7.49. The van der Waals surface area contributed by atoms with Crippen molar-refractivity contribution in [3.05, 3.63) is 73.2 Å². The van der Waals surface area contributed by atoms with E-state index in [2.05, 4.69) is 9.97 Å². The van der Waals surface area contributed by atoms with Crippen molar-refractivity contribution in [3.63, 3.8) is 0 Å². The van der Waals surface area contributed by atoms with Crippen LogP contribution in [0.3, 0.4) is 0 Å². The van der Waals surface area contributed by atoms with Crippen LogP contribution >= 0.6 is 0 Å². The second-order valence-corrected chi connectivity index (χ2v) is 5.35. The SMILES string of the molecule is Fc1cc(O[B]Oc2ccc(-c3cnco3)c(F)c2)ccc1-c1cnco1. The highest BCUT2D eigenvalue weighted by Crippen LogP contribution is 2.27. The smallest absolute Gasteiger partial charge is 0.526 e. The van der Waals surface area contributed by atoms with Crippen molar-refractivity contribution in [2.45, 2.75) is 0 Å². The topological polar surface area (TPSA) is 70.5 Å². The first-order chi connectivity index (χ1) is 13.2. The summed E-state index contributed by atoms with van der Waals surface area (Å²) in [6.07, 6.45) is 5.25. The lowest BCUT2D eigenvalue weighted by molar-refractivity contribution is 0.454. The third-order valence-corrected chi connectivity index (χ3v) is 3.65. The van der Waals surface area contributed by atoms with Crippen LogP contribution in [-0.4, -0.2) is 17.7 Å². The molecule has 4 aromatic rings. The molecule has 0 fully saturated rings. The van der Waals surface area contributed by atoms with Crippen molar-refractivity contribution < 1.29 is 26.9 Å². The van der Waals surface area contributed by atoms with Gasteiger partial charge in [0, 0.05) is 12.1 Å². The van der Waals surface area contributed by atoms with Crippen molar-refractivity contribution in [1.29, 1.82) is 0 Å². The summed E-state index contributed by atoms with van der Waals surface area (Å²) in [6.45, 7) is 0. The van der Waals surface area contributed by atoms with E-state index in [9.17, 15) is 8.78 Å². The van der Waals surface area contributed by atoms with E-state index in [-0.39, 0.29) is 22.6 Å². The molecular weight excluding hydrogens is 357 g/mol. The molecule has 0 aliphatic rings. The van der Waals surface area contributed by atoms with Crippen LogP contribution in [0.25, 0.3) is 22.6 Å². The maximum absolute atomic E-state index is 14.1. The number of oxazole rings is 2. The minimum Gasteiger partial charge on any atom is -0.526 e. The normalized spacial score (nSPS) is 10.6. The second kappa shape index (κ2) is 7.32. The molecule has 2 aromatic carbocycles. The highest BCUT2D eigenvalue weighted by atomic mass is 19.1. The molecule has 4 rings (SSSR count). The Labute approximate surface area is 152 Å². The van der Waals surface area contributed by atoms with Gasteiger partial charge in [-0.05, 0) is 24.3 Å². The predicted octanol–water partition coefficient (Wildman–Crippen LogP) is 4.27. The van der Waals surface area contributed by atoms with Gasteiger partial charge in [-0.3, -0.25) is 0 Å².